The zero-order valence-electron chi connectivity index (χ0n) is 8.89. The van der Waals surface area contributed by atoms with Crippen LogP contribution in [0.25, 0.3) is 0 Å². The van der Waals surface area contributed by atoms with Gasteiger partial charge in [0.05, 0.1) is 11.3 Å². The first-order valence-corrected chi connectivity index (χ1v) is 5.85. The van der Waals surface area contributed by atoms with Crippen LogP contribution in [0.1, 0.15) is 37.8 Å². The molecule has 1 heterocycles. The van der Waals surface area contributed by atoms with Crippen LogP contribution in [0.2, 0.25) is 0 Å². The predicted octanol–water partition coefficient (Wildman–Crippen LogP) is 1.15. The molecule has 82 valence electrons. The van der Waals surface area contributed by atoms with Crippen molar-refractivity contribution in [2.45, 2.75) is 50.7 Å². The molecule has 0 spiro atoms. The topological polar surface area (TPSA) is 50.9 Å². The zero-order chi connectivity index (χ0) is 10.3. The van der Waals surface area contributed by atoms with Crippen LogP contribution in [0.15, 0.2) is 6.20 Å². The molecule has 1 N–H and O–H groups in total. The predicted molar refractivity (Wildman–Crippen MR) is 55.3 cm³/mol. The molecule has 2 aliphatic rings. The lowest BCUT2D eigenvalue weighted by Crippen LogP contribution is -2.39. The number of nitrogens with zero attached hydrogens (tertiary/aromatic N) is 3. The highest BCUT2D eigenvalue weighted by atomic mass is 16.3. The summed E-state index contributed by atoms with van der Waals surface area (Å²) in [5, 5.41) is 18.2. The van der Waals surface area contributed by atoms with Gasteiger partial charge in [0.15, 0.2) is 0 Å². The maximum Gasteiger partial charge on any atom is 0.0855 e. The van der Waals surface area contributed by atoms with E-state index in [9.17, 15) is 5.11 Å². The largest absolute Gasteiger partial charge is 0.389 e. The molecule has 4 heteroatoms. The molecule has 1 aromatic heterocycles. The molecule has 0 amide bonds. The molecule has 0 atom stereocenters. The van der Waals surface area contributed by atoms with Crippen LogP contribution in [0.5, 0.6) is 0 Å². The van der Waals surface area contributed by atoms with Crippen LogP contribution in [0, 0.1) is 5.92 Å². The van der Waals surface area contributed by atoms with E-state index in [0.717, 1.165) is 37.4 Å². The SMILES string of the molecule is OC1(Cc2cn(CC3CC3)nn2)CCC1. The monoisotopic (exact) mass is 207 g/mol. The summed E-state index contributed by atoms with van der Waals surface area (Å²) in [6, 6.07) is 0. The molecule has 1 aromatic rings. The van der Waals surface area contributed by atoms with E-state index in [-0.39, 0.29) is 0 Å². The van der Waals surface area contributed by atoms with Gasteiger partial charge >= 0.3 is 0 Å². The second-order valence-electron chi connectivity index (χ2n) is 5.13. The summed E-state index contributed by atoms with van der Waals surface area (Å²) in [6.45, 7) is 1.01. The highest BCUT2D eigenvalue weighted by Gasteiger charge is 2.35. The summed E-state index contributed by atoms with van der Waals surface area (Å²) in [5.74, 6) is 0.825. The fourth-order valence-corrected chi connectivity index (χ4v) is 2.17. The molecule has 0 unspecified atom stereocenters. The Morgan fingerprint density at radius 3 is 2.87 bits per heavy atom. The van der Waals surface area contributed by atoms with Gasteiger partial charge in [0.2, 0.25) is 0 Å². The van der Waals surface area contributed by atoms with E-state index in [1.807, 2.05) is 10.9 Å². The minimum Gasteiger partial charge on any atom is -0.389 e. The second kappa shape index (κ2) is 3.30. The Bertz CT molecular complexity index is 352. The third-order valence-corrected chi connectivity index (χ3v) is 3.52. The maximum atomic E-state index is 9.99. The van der Waals surface area contributed by atoms with Gasteiger partial charge in [0.1, 0.15) is 0 Å². The molecule has 0 aromatic carbocycles. The van der Waals surface area contributed by atoms with Gasteiger partial charge < -0.3 is 5.11 Å². The van der Waals surface area contributed by atoms with Crippen LogP contribution < -0.4 is 0 Å². The normalized spacial score (nSPS) is 23.8. The summed E-state index contributed by atoms with van der Waals surface area (Å²) in [6.07, 6.45) is 8.32. The van der Waals surface area contributed by atoms with Gasteiger partial charge in [-0.15, -0.1) is 5.10 Å². The van der Waals surface area contributed by atoms with Gasteiger partial charge in [-0.25, -0.2) is 0 Å². The van der Waals surface area contributed by atoms with Crippen molar-refractivity contribution in [3.05, 3.63) is 11.9 Å². The third-order valence-electron chi connectivity index (χ3n) is 3.52. The fraction of sp³-hybridized carbons (Fsp3) is 0.818. The van der Waals surface area contributed by atoms with Crippen LogP contribution in [-0.2, 0) is 13.0 Å². The summed E-state index contributed by atoms with van der Waals surface area (Å²) >= 11 is 0. The summed E-state index contributed by atoms with van der Waals surface area (Å²) in [7, 11) is 0. The molecule has 0 saturated heterocycles. The molecule has 15 heavy (non-hydrogen) atoms. The number of aliphatic hydroxyl groups is 1. The Morgan fingerprint density at radius 1 is 1.47 bits per heavy atom. The van der Waals surface area contributed by atoms with Crippen LogP contribution in [-0.4, -0.2) is 25.7 Å². The second-order valence-corrected chi connectivity index (χ2v) is 5.13. The van der Waals surface area contributed by atoms with Crippen molar-refractivity contribution in [2.24, 2.45) is 5.92 Å². The lowest BCUT2D eigenvalue weighted by Gasteiger charge is -2.35. The van der Waals surface area contributed by atoms with E-state index in [1.54, 1.807) is 0 Å². The van der Waals surface area contributed by atoms with Crippen molar-refractivity contribution in [3.8, 4) is 0 Å². The minimum absolute atomic E-state index is 0.472. The standard InChI is InChI=1S/C11H17N3O/c15-11(4-1-5-11)6-10-8-14(13-12-10)7-9-2-3-9/h8-9,15H,1-7H2. The Kier molecular flexibility index (Phi) is 2.06. The number of aromatic nitrogens is 3. The number of rotatable bonds is 4. The smallest absolute Gasteiger partial charge is 0.0855 e. The molecule has 3 rings (SSSR count). The van der Waals surface area contributed by atoms with Crippen molar-refractivity contribution in [3.63, 3.8) is 0 Å². The average molecular weight is 207 g/mol. The Hall–Kier alpha value is -0.900. The highest BCUT2D eigenvalue weighted by molar-refractivity contribution is 5.03. The number of hydrogen-bond donors (Lipinski definition) is 1. The van der Waals surface area contributed by atoms with E-state index < -0.39 is 5.60 Å². The Balaban J connectivity index is 1.62. The van der Waals surface area contributed by atoms with Gasteiger partial charge in [-0.1, -0.05) is 5.21 Å². The van der Waals surface area contributed by atoms with E-state index in [1.165, 1.54) is 12.8 Å². The van der Waals surface area contributed by atoms with Crippen molar-refractivity contribution in [1.82, 2.24) is 15.0 Å². The highest BCUT2D eigenvalue weighted by Crippen LogP contribution is 2.34. The minimum atomic E-state index is -0.472. The molecular weight excluding hydrogens is 190 g/mol. The van der Waals surface area contributed by atoms with E-state index in [2.05, 4.69) is 10.3 Å². The van der Waals surface area contributed by atoms with Crippen LogP contribution in [0.4, 0.5) is 0 Å². The fourth-order valence-electron chi connectivity index (χ4n) is 2.17. The first-order valence-electron chi connectivity index (χ1n) is 5.85. The third kappa shape index (κ3) is 2.04. The van der Waals surface area contributed by atoms with Crippen LogP contribution >= 0.6 is 0 Å². The van der Waals surface area contributed by atoms with E-state index in [4.69, 9.17) is 0 Å². The van der Waals surface area contributed by atoms with Crippen LogP contribution in [0.3, 0.4) is 0 Å². The van der Waals surface area contributed by atoms with E-state index >= 15 is 0 Å². The first-order chi connectivity index (χ1) is 7.23. The van der Waals surface area contributed by atoms with Crippen molar-refractivity contribution >= 4 is 0 Å². The van der Waals surface area contributed by atoms with Gasteiger partial charge in [-0.05, 0) is 38.0 Å². The van der Waals surface area contributed by atoms with Gasteiger partial charge in [0, 0.05) is 19.2 Å². The molecule has 2 fully saturated rings. The molecule has 2 saturated carbocycles. The molecule has 0 aliphatic heterocycles. The summed E-state index contributed by atoms with van der Waals surface area (Å²) < 4.78 is 1.93. The lowest BCUT2D eigenvalue weighted by molar-refractivity contribution is -0.0330. The summed E-state index contributed by atoms with van der Waals surface area (Å²) in [5.41, 5.74) is 0.471. The van der Waals surface area contributed by atoms with Gasteiger partial charge in [-0.2, -0.15) is 0 Å². The lowest BCUT2D eigenvalue weighted by atomic mass is 9.77. The number of hydrogen-bond acceptors (Lipinski definition) is 3. The summed E-state index contributed by atoms with van der Waals surface area (Å²) in [4.78, 5) is 0. The maximum absolute atomic E-state index is 9.99. The first kappa shape index (κ1) is 9.33. The van der Waals surface area contributed by atoms with Crippen molar-refractivity contribution in [2.75, 3.05) is 0 Å². The molecule has 0 radical (unpaired) electrons. The molecule has 0 bridgehead atoms. The van der Waals surface area contributed by atoms with Gasteiger partial charge in [0.25, 0.3) is 0 Å². The average Bonchev–Trinajstić information content (AvgIpc) is 2.85. The van der Waals surface area contributed by atoms with Crippen molar-refractivity contribution in [1.29, 1.82) is 0 Å². The van der Waals surface area contributed by atoms with Gasteiger partial charge in [-0.3, -0.25) is 4.68 Å². The zero-order valence-corrected chi connectivity index (χ0v) is 8.89. The Morgan fingerprint density at radius 2 is 2.27 bits per heavy atom. The van der Waals surface area contributed by atoms with Crippen molar-refractivity contribution < 1.29 is 5.11 Å². The quantitative estimate of drug-likeness (QED) is 0.805. The molecule has 2 aliphatic carbocycles. The van der Waals surface area contributed by atoms with E-state index in [0.29, 0.717) is 6.42 Å². The molecule has 4 nitrogen and oxygen atoms in total. The molecular formula is C11H17N3O. The Labute approximate surface area is 89.3 Å².